The number of hydrogen-bond donors (Lipinski definition) is 1. The lowest BCUT2D eigenvalue weighted by Gasteiger charge is -2.24. The smallest absolute Gasteiger partial charge is 0.340 e. The first-order chi connectivity index (χ1) is 8.16. The molecule has 0 bridgehead atoms. The number of carbonyl (C=O) groups is 1. The molecule has 0 atom stereocenters. The van der Waals surface area contributed by atoms with Gasteiger partial charge in [-0.2, -0.15) is 0 Å². The Labute approximate surface area is 115 Å². The second kappa shape index (κ2) is 5.71. The molecule has 17 heavy (non-hydrogen) atoms. The van der Waals surface area contributed by atoms with E-state index >= 15 is 0 Å². The highest BCUT2D eigenvalue weighted by Crippen LogP contribution is 2.29. The number of rotatable bonds is 4. The Kier molecular flexibility index (Phi) is 4.25. The van der Waals surface area contributed by atoms with Crippen molar-refractivity contribution in [1.29, 1.82) is 0 Å². The largest absolute Gasteiger partial charge is 0.462 e. The fraction of sp³-hybridized carbons (Fsp3) is 0.462. The molecule has 1 fully saturated rings. The fourth-order valence-corrected chi connectivity index (χ4v) is 2.37. The van der Waals surface area contributed by atoms with Gasteiger partial charge in [-0.3, -0.25) is 0 Å². The zero-order valence-electron chi connectivity index (χ0n) is 9.62. The molecule has 1 aromatic rings. The van der Waals surface area contributed by atoms with E-state index in [0.29, 0.717) is 17.9 Å². The summed E-state index contributed by atoms with van der Waals surface area (Å²) >= 11 is 2.16. The van der Waals surface area contributed by atoms with Crippen LogP contribution in [0, 0.1) is 9.49 Å². The summed E-state index contributed by atoms with van der Waals surface area (Å²) in [5.74, 6) is 0.455. The maximum atomic E-state index is 11.8. The highest BCUT2D eigenvalue weighted by Gasteiger charge is 2.18. The van der Waals surface area contributed by atoms with Gasteiger partial charge in [-0.1, -0.05) is 19.3 Å². The SMILES string of the molecule is Nc1ccc(I)cc1C(=O)OCCC1CCC1. The summed E-state index contributed by atoms with van der Waals surface area (Å²) in [5, 5.41) is 0. The molecule has 4 heteroatoms. The molecule has 1 saturated carbocycles. The zero-order chi connectivity index (χ0) is 12.3. The van der Waals surface area contributed by atoms with Crippen molar-refractivity contribution < 1.29 is 9.53 Å². The highest BCUT2D eigenvalue weighted by atomic mass is 127. The molecule has 0 heterocycles. The molecule has 92 valence electrons. The lowest BCUT2D eigenvalue weighted by atomic mass is 9.83. The summed E-state index contributed by atoms with van der Waals surface area (Å²) in [4.78, 5) is 11.8. The van der Waals surface area contributed by atoms with Crippen LogP contribution >= 0.6 is 22.6 Å². The zero-order valence-corrected chi connectivity index (χ0v) is 11.8. The van der Waals surface area contributed by atoms with Crippen LogP contribution in [-0.4, -0.2) is 12.6 Å². The first kappa shape index (κ1) is 12.7. The average Bonchev–Trinajstić information content (AvgIpc) is 2.25. The van der Waals surface area contributed by atoms with E-state index in [0.717, 1.165) is 15.9 Å². The van der Waals surface area contributed by atoms with Crippen molar-refractivity contribution in [1.82, 2.24) is 0 Å². The second-order valence-corrected chi connectivity index (χ2v) is 5.70. The van der Waals surface area contributed by atoms with Crippen LogP contribution in [-0.2, 0) is 4.74 Å². The Morgan fingerprint density at radius 1 is 1.47 bits per heavy atom. The van der Waals surface area contributed by atoms with Gasteiger partial charge in [0.2, 0.25) is 0 Å². The molecule has 0 saturated heterocycles. The van der Waals surface area contributed by atoms with Gasteiger partial charge in [0.1, 0.15) is 0 Å². The Hall–Kier alpha value is -0.780. The molecule has 0 aromatic heterocycles. The molecular weight excluding hydrogens is 329 g/mol. The van der Waals surface area contributed by atoms with Gasteiger partial charge in [0.25, 0.3) is 0 Å². The molecule has 0 amide bonds. The molecule has 2 rings (SSSR count). The van der Waals surface area contributed by atoms with Gasteiger partial charge in [-0.25, -0.2) is 4.79 Å². The van der Waals surface area contributed by atoms with Crippen molar-refractivity contribution in [3.63, 3.8) is 0 Å². The van der Waals surface area contributed by atoms with Gasteiger partial charge in [-0.05, 0) is 53.1 Å². The number of carbonyl (C=O) groups excluding carboxylic acids is 1. The first-order valence-electron chi connectivity index (χ1n) is 5.89. The van der Waals surface area contributed by atoms with Crippen molar-refractivity contribution in [3.05, 3.63) is 27.3 Å². The van der Waals surface area contributed by atoms with Crippen LogP contribution in [0.15, 0.2) is 18.2 Å². The number of nitrogens with two attached hydrogens (primary N) is 1. The van der Waals surface area contributed by atoms with E-state index in [9.17, 15) is 4.79 Å². The van der Waals surface area contributed by atoms with Gasteiger partial charge in [0, 0.05) is 9.26 Å². The Balaban J connectivity index is 1.87. The van der Waals surface area contributed by atoms with E-state index in [2.05, 4.69) is 22.6 Å². The summed E-state index contributed by atoms with van der Waals surface area (Å²) in [6.45, 7) is 0.508. The quantitative estimate of drug-likeness (QED) is 0.518. The van der Waals surface area contributed by atoms with Crippen LogP contribution in [0.4, 0.5) is 5.69 Å². The molecular formula is C13H16INO2. The molecule has 1 aromatic carbocycles. The van der Waals surface area contributed by atoms with E-state index in [1.165, 1.54) is 19.3 Å². The van der Waals surface area contributed by atoms with E-state index in [-0.39, 0.29) is 5.97 Å². The fourth-order valence-electron chi connectivity index (χ4n) is 1.88. The van der Waals surface area contributed by atoms with Gasteiger partial charge in [0.15, 0.2) is 0 Å². The number of nitrogen functional groups attached to an aromatic ring is 1. The van der Waals surface area contributed by atoms with Crippen molar-refractivity contribution in [2.75, 3.05) is 12.3 Å². The van der Waals surface area contributed by atoms with Gasteiger partial charge >= 0.3 is 5.97 Å². The van der Waals surface area contributed by atoms with Gasteiger partial charge < -0.3 is 10.5 Å². The number of anilines is 1. The molecule has 0 aliphatic heterocycles. The molecule has 0 spiro atoms. The van der Waals surface area contributed by atoms with Crippen LogP contribution < -0.4 is 5.73 Å². The maximum Gasteiger partial charge on any atom is 0.340 e. The number of halogens is 1. The van der Waals surface area contributed by atoms with Gasteiger partial charge in [-0.15, -0.1) is 0 Å². The molecule has 1 aliphatic carbocycles. The van der Waals surface area contributed by atoms with E-state index in [1.54, 1.807) is 12.1 Å². The summed E-state index contributed by atoms with van der Waals surface area (Å²) in [5.41, 5.74) is 6.72. The van der Waals surface area contributed by atoms with E-state index < -0.39 is 0 Å². The summed E-state index contributed by atoms with van der Waals surface area (Å²) in [6.07, 6.45) is 4.86. The predicted molar refractivity (Wildman–Crippen MR) is 75.8 cm³/mol. The summed E-state index contributed by atoms with van der Waals surface area (Å²) in [7, 11) is 0. The first-order valence-corrected chi connectivity index (χ1v) is 6.97. The minimum atomic E-state index is -0.305. The molecule has 3 nitrogen and oxygen atoms in total. The van der Waals surface area contributed by atoms with Crippen LogP contribution in [0.1, 0.15) is 36.0 Å². The van der Waals surface area contributed by atoms with Crippen molar-refractivity contribution in [2.45, 2.75) is 25.7 Å². The van der Waals surface area contributed by atoms with E-state index in [4.69, 9.17) is 10.5 Å². The Bertz CT molecular complexity index is 416. The normalized spacial score (nSPS) is 15.4. The molecule has 1 aliphatic rings. The maximum absolute atomic E-state index is 11.8. The topological polar surface area (TPSA) is 52.3 Å². The number of ether oxygens (including phenoxy) is 1. The van der Waals surface area contributed by atoms with Crippen molar-refractivity contribution in [2.24, 2.45) is 5.92 Å². The van der Waals surface area contributed by atoms with Crippen LogP contribution in [0.2, 0.25) is 0 Å². The second-order valence-electron chi connectivity index (χ2n) is 4.45. The van der Waals surface area contributed by atoms with E-state index in [1.807, 2.05) is 6.07 Å². The number of benzene rings is 1. The summed E-state index contributed by atoms with van der Waals surface area (Å²) in [6, 6.07) is 5.38. The third-order valence-electron chi connectivity index (χ3n) is 3.22. The van der Waals surface area contributed by atoms with Crippen LogP contribution in [0.25, 0.3) is 0 Å². The minimum Gasteiger partial charge on any atom is -0.462 e. The Morgan fingerprint density at radius 2 is 2.24 bits per heavy atom. The molecule has 0 unspecified atom stereocenters. The number of esters is 1. The number of hydrogen-bond acceptors (Lipinski definition) is 3. The third kappa shape index (κ3) is 3.34. The monoisotopic (exact) mass is 345 g/mol. The van der Waals surface area contributed by atoms with Crippen LogP contribution in [0.3, 0.4) is 0 Å². The lowest BCUT2D eigenvalue weighted by molar-refractivity contribution is 0.0465. The molecule has 2 N–H and O–H groups in total. The highest BCUT2D eigenvalue weighted by molar-refractivity contribution is 14.1. The van der Waals surface area contributed by atoms with Crippen molar-refractivity contribution >= 4 is 34.2 Å². The van der Waals surface area contributed by atoms with Crippen molar-refractivity contribution in [3.8, 4) is 0 Å². The van der Waals surface area contributed by atoms with Crippen LogP contribution in [0.5, 0.6) is 0 Å². The third-order valence-corrected chi connectivity index (χ3v) is 3.89. The lowest BCUT2D eigenvalue weighted by Crippen LogP contribution is -2.16. The average molecular weight is 345 g/mol. The standard InChI is InChI=1S/C13H16INO2/c14-10-4-5-12(15)11(8-10)13(16)17-7-6-9-2-1-3-9/h4-5,8-9H,1-3,6-7,15H2. The summed E-state index contributed by atoms with van der Waals surface area (Å²) < 4.78 is 6.24. The molecule has 0 radical (unpaired) electrons. The van der Waals surface area contributed by atoms with Gasteiger partial charge in [0.05, 0.1) is 12.2 Å². The Morgan fingerprint density at radius 3 is 2.88 bits per heavy atom. The predicted octanol–water partition coefficient (Wildman–Crippen LogP) is 3.22. The minimum absolute atomic E-state index is 0.305.